The van der Waals surface area contributed by atoms with Gasteiger partial charge in [0.25, 0.3) is 11.8 Å². The zero-order valence-corrected chi connectivity index (χ0v) is 17.9. The lowest BCUT2D eigenvalue weighted by Gasteiger charge is -2.09. The number of carbonyl (C=O) groups excluding carboxylic acids is 2. The number of methoxy groups -OCH3 is 2. The molecule has 2 aromatic carbocycles. The van der Waals surface area contributed by atoms with Gasteiger partial charge in [0, 0.05) is 5.56 Å². The number of ether oxygens (including phenoxy) is 3. The number of rotatable bonds is 9. The van der Waals surface area contributed by atoms with Crippen LogP contribution in [-0.2, 0) is 4.79 Å². The fourth-order valence-corrected chi connectivity index (χ4v) is 2.84. The van der Waals surface area contributed by atoms with Crippen LogP contribution in [0.25, 0.3) is 0 Å². The maximum absolute atomic E-state index is 12.2. The van der Waals surface area contributed by atoms with E-state index in [1.165, 1.54) is 26.5 Å². The Morgan fingerprint density at radius 2 is 1.79 bits per heavy atom. The smallest absolute Gasteiger partial charge is 0.259 e. The minimum atomic E-state index is -0.458. The first-order chi connectivity index (χ1) is 14.0. The molecule has 0 unspecified atom stereocenters. The van der Waals surface area contributed by atoms with E-state index in [0.29, 0.717) is 23.7 Å². The van der Waals surface area contributed by atoms with Gasteiger partial charge in [0.15, 0.2) is 11.5 Å². The van der Waals surface area contributed by atoms with Gasteiger partial charge in [0.05, 0.1) is 38.1 Å². The number of carbonyl (C=O) groups is 2. The van der Waals surface area contributed by atoms with E-state index in [4.69, 9.17) is 14.2 Å². The van der Waals surface area contributed by atoms with Gasteiger partial charge in [0.1, 0.15) is 5.75 Å². The molecule has 0 heterocycles. The van der Waals surface area contributed by atoms with Gasteiger partial charge in [-0.15, -0.1) is 0 Å². The Hall–Kier alpha value is -3.07. The Morgan fingerprint density at radius 1 is 1.07 bits per heavy atom. The Bertz CT molecular complexity index is 902. The lowest BCUT2D eigenvalue weighted by atomic mass is 10.2. The molecule has 2 N–H and O–H groups in total. The molecule has 0 bridgehead atoms. The highest BCUT2D eigenvalue weighted by atomic mass is 79.9. The first-order valence-electron chi connectivity index (χ1n) is 8.73. The molecule has 0 aliphatic rings. The van der Waals surface area contributed by atoms with Crippen molar-refractivity contribution in [1.82, 2.24) is 10.7 Å². The molecular formula is C20H22BrN3O5. The summed E-state index contributed by atoms with van der Waals surface area (Å²) in [5, 5.41) is 6.41. The van der Waals surface area contributed by atoms with Crippen molar-refractivity contribution in [1.29, 1.82) is 0 Å². The van der Waals surface area contributed by atoms with Gasteiger partial charge in [-0.05, 0) is 64.8 Å². The van der Waals surface area contributed by atoms with Gasteiger partial charge in [-0.2, -0.15) is 5.10 Å². The van der Waals surface area contributed by atoms with Crippen molar-refractivity contribution >= 4 is 34.0 Å². The summed E-state index contributed by atoms with van der Waals surface area (Å²) < 4.78 is 16.5. The average Bonchev–Trinajstić information content (AvgIpc) is 2.73. The predicted molar refractivity (Wildman–Crippen MR) is 113 cm³/mol. The summed E-state index contributed by atoms with van der Waals surface area (Å²) >= 11 is 3.41. The highest BCUT2D eigenvalue weighted by Crippen LogP contribution is 2.27. The van der Waals surface area contributed by atoms with Crippen LogP contribution in [0.4, 0.5) is 0 Å². The zero-order valence-electron chi connectivity index (χ0n) is 16.3. The second-order valence-corrected chi connectivity index (χ2v) is 6.52. The molecule has 0 atom stereocenters. The molecule has 0 aliphatic heterocycles. The van der Waals surface area contributed by atoms with Crippen LogP contribution in [0.1, 0.15) is 22.8 Å². The molecule has 0 fully saturated rings. The molecule has 0 aromatic heterocycles. The van der Waals surface area contributed by atoms with Crippen LogP contribution in [0.3, 0.4) is 0 Å². The highest BCUT2D eigenvalue weighted by Gasteiger charge is 2.11. The standard InChI is InChI=1S/C20H22BrN3O5/c1-4-29-16-7-5-13(9-15(16)21)11-23-24-19(25)12-22-20(26)14-6-8-17(27-2)18(10-14)28-3/h5-11H,4,12H2,1-3H3,(H,22,26)(H,24,25)/b23-11+. The van der Waals surface area contributed by atoms with E-state index in [0.717, 1.165) is 15.8 Å². The average molecular weight is 464 g/mol. The van der Waals surface area contributed by atoms with Crippen LogP contribution in [0.5, 0.6) is 17.2 Å². The van der Waals surface area contributed by atoms with Crippen LogP contribution in [-0.4, -0.2) is 45.4 Å². The van der Waals surface area contributed by atoms with E-state index in [2.05, 4.69) is 31.8 Å². The van der Waals surface area contributed by atoms with E-state index < -0.39 is 11.8 Å². The highest BCUT2D eigenvalue weighted by molar-refractivity contribution is 9.10. The number of benzene rings is 2. The lowest BCUT2D eigenvalue weighted by molar-refractivity contribution is -0.120. The van der Waals surface area contributed by atoms with E-state index in [-0.39, 0.29) is 6.54 Å². The van der Waals surface area contributed by atoms with Crippen LogP contribution in [0.2, 0.25) is 0 Å². The maximum atomic E-state index is 12.2. The summed E-state index contributed by atoms with van der Waals surface area (Å²) in [7, 11) is 2.99. The number of halogens is 1. The monoisotopic (exact) mass is 463 g/mol. The van der Waals surface area contributed by atoms with Gasteiger partial charge >= 0.3 is 0 Å². The zero-order chi connectivity index (χ0) is 21.2. The summed E-state index contributed by atoms with van der Waals surface area (Å²) in [5.41, 5.74) is 3.48. The van der Waals surface area contributed by atoms with Gasteiger partial charge in [-0.25, -0.2) is 5.43 Å². The van der Waals surface area contributed by atoms with E-state index in [9.17, 15) is 9.59 Å². The minimum absolute atomic E-state index is 0.225. The van der Waals surface area contributed by atoms with Crippen LogP contribution < -0.4 is 25.0 Å². The lowest BCUT2D eigenvalue weighted by Crippen LogP contribution is -2.34. The number of hydrogen-bond acceptors (Lipinski definition) is 6. The maximum Gasteiger partial charge on any atom is 0.259 e. The Kier molecular flexibility index (Phi) is 8.47. The van der Waals surface area contributed by atoms with Gasteiger partial charge in [0.2, 0.25) is 0 Å². The van der Waals surface area contributed by atoms with Crippen molar-refractivity contribution in [3.8, 4) is 17.2 Å². The normalized spacial score (nSPS) is 10.5. The molecule has 29 heavy (non-hydrogen) atoms. The third-order valence-electron chi connectivity index (χ3n) is 3.71. The van der Waals surface area contributed by atoms with E-state index >= 15 is 0 Å². The van der Waals surface area contributed by atoms with Crippen molar-refractivity contribution < 1.29 is 23.8 Å². The largest absolute Gasteiger partial charge is 0.493 e. The van der Waals surface area contributed by atoms with Crippen molar-refractivity contribution in [2.45, 2.75) is 6.92 Å². The Balaban J connectivity index is 1.86. The fourth-order valence-electron chi connectivity index (χ4n) is 2.33. The Labute approximate surface area is 177 Å². The molecule has 2 aromatic rings. The number of amides is 2. The molecule has 0 radical (unpaired) electrons. The molecule has 0 saturated carbocycles. The molecule has 154 valence electrons. The second-order valence-electron chi connectivity index (χ2n) is 5.67. The van der Waals surface area contributed by atoms with Crippen molar-refractivity contribution in [3.05, 3.63) is 52.0 Å². The molecule has 0 spiro atoms. The SMILES string of the molecule is CCOc1ccc(/C=N/NC(=O)CNC(=O)c2ccc(OC)c(OC)c2)cc1Br. The van der Waals surface area contributed by atoms with E-state index in [1.54, 1.807) is 18.2 Å². The van der Waals surface area contributed by atoms with Gasteiger partial charge < -0.3 is 19.5 Å². The molecule has 0 aliphatic carbocycles. The van der Waals surface area contributed by atoms with Crippen LogP contribution in [0.15, 0.2) is 46.0 Å². The molecule has 2 rings (SSSR count). The molecular weight excluding hydrogens is 442 g/mol. The van der Waals surface area contributed by atoms with Crippen molar-refractivity contribution in [2.24, 2.45) is 5.10 Å². The topological polar surface area (TPSA) is 98.2 Å². The molecule has 9 heteroatoms. The molecule has 8 nitrogen and oxygen atoms in total. The van der Waals surface area contributed by atoms with Gasteiger partial charge in [-0.1, -0.05) is 0 Å². The number of nitrogens with one attached hydrogen (secondary N) is 2. The Morgan fingerprint density at radius 3 is 2.45 bits per heavy atom. The van der Waals surface area contributed by atoms with Crippen molar-refractivity contribution in [2.75, 3.05) is 27.4 Å². The summed E-state index contributed by atoms with van der Waals surface area (Å²) in [4.78, 5) is 24.1. The quantitative estimate of drug-likeness (QED) is 0.440. The molecule has 2 amide bonds. The van der Waals surface area contributed by atoms with E-state index in [1.807, 2.05) is 19.1 Å². The van der Waals surface area contributed by atoms with Crippen LogP contribution >= 0.6 is 15.9 Å². The number of hydrazone groups is 1. The minimum Gasteiger partial charge on any atom is -0.493 e. The number of hydrogen-bond donors (Lipinski definition) is 2. The first kappa shape index (κ1) is 22.2. The third-order valence-corrected chi connectivity index (χ3v) is 4.33. The first-order valence-corrected chi connectivity index (χ1v) is 9.52. The van der Waals surface area contributed by atoms with Crippen LogP contribution in [0, 0.1) is 0 Å². The van der Waals surface area contributed by atoms with Crippen molar-refractivity contribution in [3.63, 3.8) is 0 Å². The fraction of sp³-hybridized carbons (Fsp3) is 0.250. The third kappa shape index (κ3) is 6.49. The molecule has 0 saturated heterocycles. The summed E-state index contributed by atoms with van der Waals surface area (Å²) in [6.45, 7) is 2.25. The second kappa shape index (κ2) is 11.1. The summed E-state index contributed by atoms with van der Waals surface area (Å²) in [5.74, 6) is 0.792. The predicted octanol–water partition coefficient (Wildman–Crippen LogP) is 2.75. The number of nitrogens with zero attached hydrogens (tertiary/aromatic N) is 1. The summed E-state index contributed by atoms with van der Waals surface area (Å²) in [6, 6.07) is 10.2. The van der Waals surface area contributed by atoms with Gasteiger partial charge in [-0.3, -0.25) is 9.59 Å². The summed E-state index contributed by atoms with van der Waals surface area (Å²) in [6.07, 6.45) is 1.49.